The van der Waals surface area contributed by atoms with Crippen LogP contribution in [0.2, 0.25) is 0 Å². The number of rotatable bonds is 7. The van der Waals surface area contributed by atoms with E-state index in [4.69, 9.17) is 4.74 Å². The molecule has 1 atom stereocenters. The number of nitrogens with one attached hydrogen (secondary N) is 1. The molecule has 5 nitrogen and oxygen atoms in total. The third-order valence-electron chi connectivity index (χ3n) is 4.21. The number of hydrogen-bond donors (Lipinski definition) is 2. The summed E-state index contributed by atoms with van der Waals surface area (Å²) >= 11 is 0. The van der Waals surface area contributed by atoms with Gasteiger partial charge in [0.05, 0.1) is 19.8 Å². The Hall–Kier alpha value is -2.60. The van der Waals surface area contributed by atoms with E-state index in [0.717, 1.165) is 16.7 Å². The summed E-state index contributed by atoms with van der Waals surface area (Å²) in [6.45, 7) is 5.40. The van der Waals surface area contributed by atoms with Gasteiger partial charge in [-0.25, -0.2) is 4.39 Å². The van der Waals surface area contributed by atoms with Crippen molar-refractivity contribution in [3.8, 4) is 5.75 Å². The van der Waals surface area contributed by atoms with Gasteiger partial charge in [0.15, 0.2) is 17.5 Å². The third-order valence-corrected chi connectivity index (χ3v) is 4.21. The minimum absolute atomic E-state index is 0.225. The second-order valence-electron chi connectivity index (χ2n) is 6.45. The Kier molecular flexibility index (Phi) is 7.61. The number of methoxy groups -OCH3 is 1. The Morgan fingerprint density at radius 1 is 1.26 bits per heavy atom. The fraction of sp³-hybridized carbons (Fsp3) is 0.381. The first-order valence-corrected chi connectivity index (χ1v) is 9.01. The summed E-state index contributed by atoms with van der Waals surface area (Å²) in [4.78, 5) is 6.42. The van der Waals surface area contributed by atoms with Gasteiger partial charge in [-0.15, -0.1) is 0 Å². The first-order chi connectivity index (χ1) is 12.9. The van der Waals surface area contributed by atoms with Crippen molar-refractivity contribution < 1.29 is 14.2 Å². The molecule has 0 aromatic heterocycles. The number of benzene rings is 2. The van der Waals surface area contributed by atoms with Crippen LogP contribution in [0.25, 0.3) is 0 Å². The molecule has 0 amide bonds. The van der Waals surface area contributed by atoms with Crippen LogP contribution >= 0.6 is 0 Å². The Morgan fingerprint density at radius 3 is 2.56 bits per heavy atom. The molecule has 0 radical (unpaired) electrons. The van der Waals surface area contributed by atoms with E-state index >= 15 is 0 Å². The first kappa shape index (κ1) is 20.7. The summed E-state index contributed by atoms with van der Waals surface area (Å²) in [7, 11) is 3.32. The number of guanidine groups is 1. The van der Waals surface area contributed by atoms with Crippen LogP contribution in [0.1, 0.15) is 29.7 Å². The molecule has 2 aromatic rings. The molecular weight excluding hydrogens is 345 g/mol. The van der Waals surface area contributed by atoms with Gasteiger partial charge in [-0.1, -0.05) is 35.9 Å². The van der Waals surface area contributed by atoms with Gasteiger partial charge in [0.2, 0.25) is 0 Å². The van der Waals surface area contributed by atoms with Crippen molar-refractivity contribution in [1.82, 2.24) is 10.2 Å². The smallest absolute Gasteiger partial charge is 0.194 e. The molecule has 1 unspecified atom stereocenters. The lowest BCUT2D eigenvalue weighted by molar-refractivity contribution is 0.186. The van der Waals surface area contributed by atoms with Crippen LogP contribution in [0.3, 0.4) is 0 Å². The SMILES string of the molecule is CCNC(=NCC(O)c1ccc(C)cc1)N(C)Cc1ccc(OC)c(F)c1. The van der Waals surface area contributed by atoms with Crippen LogP contribution in [0, 0.1) is 12.7 Å². The van der Waals surface area contributed by atoms with Gasteiger partial charge < -0.3 is 20.1 Å². The molecule has 0 heterocycles. The first-order valence-electron chi connectivity index (χ1n) is 9.01. The summed E-state index contributed by atoms with van der Waals surface area (Å²) in [5, 5.41) is 13.6. The minimum atomic E-state index is -0.675. The van der Waals surface area contributed by atoms with E-state index in [1.54, 1.807) is 6.07 Å². The van der Waals surface area contributed by atoms with Crippen molar-refractivity contribution in [2.45, 2.75) is 26.5 Å². The van der Waals surface area contributed by atoms with E-state index in [-0.39, 0.29) is 18.1 Å². The second-order valence-corrected chi connectivity index (χ2v) is 6.45. The molecule has 2 rings (SSSR count). The quantitative estimate of drug-likeness (QED) is 0.578. The van der Waals surface area contributed by atoms with Crippen LogP contribution in [0.15, 0.2) is 47.5 Å². The number of aliphatic hydroxyl groups is 1. The van der Waals surface area contributed by atoms with Gasteiger partial charge in [-0.05, 0) is 37.1 Å². The van der Waals surface area contributed by atoms with Gasteiger partial charge in [-0.3, -0.25) is 4.99 Å². The largest absolute Gasteiger partial charge is 0.494 e. The number of halogens is 1. The van der Waals surface area contributed by atoms with Crippen LogP contribution in [-0.2, 0) is 6.54 Å². The van der Waals surface area contributed by atoms with E-state index in [2.05, 4.69) is 10.3 Å². The zero-order valence-corrected chi connectivity index (χ0v) is 16.4. The van der Waals surface area contributed by atoms with E-state index in [1.807, 2.05) is 56.1 Å². The van der Waals surface area contributed by atoms with Gasteiger partial charge >= 0.3 is 0 Å². The van der Waals surface area contributed by atoms with Crippen molar-refractivity contribution >= 4 is 5.96 Å². The summed E-state index contributed by atoms with van der Waals surface area (Å²) in [6.07, 6.45) is -0.675. The zero-order valence-electron chi connectivity index (χ0n) is 16.4. The lowest BCUT2D eigenvalue weighted by atomic mass is 10.1. The average molecular weight is 373 g/mol. The molecule has 0 aliphatic heterocycles. The van der Waals surface area contributed by atoms with Gasteiger partial charge in [-0.2, -0.15) is 0 Å². The van der Waals surface area contributed by atoms with Gasteiger partial charge in [0.25, 0.3) is 0 Å². The number of aliphatic hydroxyl groups excluding tert-OH is 1. The third kappa shape index (κ3) is 5.96. The van der Waals surface area contributed by atoms with E-state index in [1.165, 1.54) is 13.2 Å². The molecule has 0 bridgehead atoms. The number of aryl methyl sites for hydroxylation is 1. The molecule has 0 aliphatic carbocycles. The van der Waals surface area contributed by atoms with Crippen molar-refractivity contribution in [2.24, 2.45) is 4.99 Å². The highest BCUT2D eigenvalue weighted by atomic mass is 19.1. The lowest BCUT2D eigenvalue weighted by Crippen LogP contribution is -2.38. The maximum atomic E-state index is 13.9. The predicted molar refractivity (Wildman–Crippen MR) is 107 cm³/mol. The highest BCUT2D eigenvalue weighted by Crippen LogP contribution is 2.19. The monoisotopic (exact) mass is 373 g/mol. The Balaban J connectivity index is 2.06. The van der Waals surface area contributed by atoms with E-state index in [9.17, 15) is 9.50 Å². The topological polar surface area (TPSA) is 57.1 Å². The van der Waals surface area contributed by atoms with Crippen LogP contribution in [-0.4, -0.2) is 43.2 Å². The average Bonchev–Trinajstić information content (AvgIpc) is 2.65. The van der Waals surface area contributed by atoms with Crippen LogP contribution in [0.4, 0.5) is 4.39 Å². The van der Waals surface area contributed by atoms with Crippen LogP contribution < -0.4 is 10.1 Å². The summed E-state index contributed by atoms with van der Waals surface area (Å²) in [6, 6.07) is 12.7. The molecule has 0 saturated heterocycles. The van der Waals surface area contributed by atoms with Crippen LogP contribution in [0.5, 0.6) is 5.75 Å². The molecule has 2 N–H and O–H groups in total. The van der Waals surface area contributed by atoms with Crippen molar-refractivity contribution in [3.05, 3.63) is 65.0 Å². The van der Waals surface area contributed by atoms with Gasteiger partial charge in [0, 0.05) is 20.1 Å². The van der Waals surface area contributed by atoms with Crippen molar-refractivity contribution in [2.75, 3.05) is 27.2 Å². The molecule has 0 spiro atoms. The summed E-state index contributed by atoms with van der Waals surface area (Å²) < 4.78 is 18.9. The van der Waals surface area contributed by atoms with E-state index < -0.39 is 6.10 Å². The van der Waals surface area contributed by atoms with Crippen molar-refractivity contribution in [3.63, 3.8) is 0 Å². The Morgan fingerprint density at radius 2 is 1.96 bits per heavy atom. The maximum Gasteiger partial charge on any atom is 0.194 e. The van der Waals surface area contributed by atoms with Crippen molar-refractivity contribution in [1.29, 1.82) is 0 Å². The van der Waals surface area contributed by atoms with E-state index in [0.29, 0.717) is 19.0 Å². The summed E-state index contributed by atoms with van der Waals surface area (Å²) in [5.74, 6) is 0.489. The maximum absolute atomic E-state index is 13.9. The highest BCUT2D eigenvalue weighted by Gasteiger charge is 2.11. The fourth-order valence-corrected chi connectivity index (χ4v) is 2.69. The number of aliphatic imine (C=N–C) groups is 1. The molecule has 146 valence electrons. The predicted octanol–water partition coefficient (Wildman–Crippen LogP) is 3.27. The summed E-state index contributed by atoms with van der Waals surface area (Å²) in [5.41, 5.74) is 2.79. The number of nitrogens with zero attached hydrogens (tertiary/aromatic N) is 2. The lowest BCUT2D eigenvalue weighted by Gasteiger charge is -2.23. The Bertz CT molecular complexity index is 763. The molecule has 0 aliphatic rings. The zero-order chi connectivity index (χ0) is 19.8. The fourth-order valence-electron chi connectivity index (χ4n) is 2.69. The molecule has 27 heavy (non-hydrogen) atoms. The second kappa shape index (κ2) is 9.92. The number of hydrogen-bond acceptors (Lipinski definition) is 3. The standard InChI is InChI=1S/C21H28FN3O2/c1-5-23-21(24-13-19(26)17-9-6-15(2)7-10-17)25(3)14-16-8-11-20(27-4)18(22)12-16/h6-12,19,26H,5,13-14H2,1-4H3,(H,23,24). The molecule has 0 saturated carbocycles. The highest BCUT2D eigenvalue weighted by molar-refractivity contribution is 5.79. The Labute approximate surface area is 160 Å². The molecular formula is C21H28FN3O2. The normalized spacial score (nSPS) is 12.6. The van der Waals surface area contributed by atoms with Gasteiger partial charge in [0.1, 0.15) is 0 Å². The molecule has 2 aromatic carbocycles. The molecule has 6 heteroatoms. The number of ether oxygens (including phenoxy) is 1. The molecule has 0 fully saturated rings. The minimum Gasteiger partial charge on any atom is -0.494 e.